The summed E-state index contributed by atoms with van der Waals surface area (Å²) in [5, 5.41) is 19.9. The monoisotopic (exact) mass is 334 g/mol. The molecule has 2 N–H and O–H groups in total. The van der Waals surface area contributed by atoms with Gasteiger partial charge < -0.3 is 14.9 Å². The molecule has 1 heterocycles. The largest absolute Gasteiger partial charge is 0.481 e. The van der Waals surface area contributed by atoms with Crippen LogP contribution in [-0.2, 0) is 9.53 Å². The highest BCUT2D eigenvalue weighted by Crippen LogP contribution is 2.78. The molecule has 5 aliphatic rings. The lowest BCUT2D eigenvalue weighted by Crippen LogP contribution is -2.59. The van der Waals surface area contributed by atoms with Gasteiger partial charge in [0.1, 0.15) is 5.60 Å². The summed E-state index contributed by atoms with van der Waals surface area (Å²) in [6.45, 7) is 4.57. The van der Waals surface area contributed by atoms with Crippen molar-refractivity contribution >= 4 is 5.97 Å². The SMILES string of the molecule is C[C@@]12CCC[C@@](C)(C(=O)O)C1CCC13CC(CCC12)C1(CO)OC31. The van der Waals surface area contributed by atoms with Gasteiger partial charge in [0, 0.05) is 5.41 Å². The Morgan fingerprint density at radius 1 is 1.12 bits per heavy atom. The minimum atomic E-state index is -0.596. The Kier molecular flexibility index (Phi) is 2.85. The molecule has 0 radical (unpaired) electrons. The summed E-state index contributed by atoms with van der Waals surface area (Å²) in [7, 11) is 0. The molecular formula is C20H30O4. The van der Waals surface area contributed by atoms with Crippen molar-refractivity contribution in [3.63, 3.8) is 0 Å². The molecule has 6 unspecified atom stereocenters. The van der Waals surface area contributed by atoms with Crippen molar-refractivity contribution in [1.82, 2.24) is 0 Å². The third-order valence-electron chi connectivity index (χ3n) is 9.47. The molecule has 4 saturated carbocycles. The number of epoxide rings is 1. The number of hydrogen-bond acceptors (Lipinski definition) is 3. The summed E-state index contributed by atoms with van der Waals surface area (Å²) >= 11 is 0. The summed E-state index contributed by atoms with van der Waals surface area (Å²) in [5.41, 5.74) is -0.467. The summed E-state index contributed by atoms with van der Waals surface area (Å²) in [6.07, 6.45) is 8.93. The first kappa shape index (κ1) is 15.6. The van der Waals surface area contributed by atoms with Gasteiger partial charge >= 0.3 is 5.97 Å². The third kappa shape index (κ3) is 1.48. The first-order chi connectivity index (χ1) is 11.3. The average molecular weight is 334 g/mol. The van der Waals surface area contributed by atoms with Gasteiger partial charge in [-0.1, -0.05) is 13.3 Å². The van der Waals surface area contributed by atoms with Crippen LogP contribution >= 0.6 is 0 Å². The smallest absolute Gasteiger partial charge is 0.309 e. The van der Waals surface area contributed by atoms with E-state index in [-0.39, 0.29) is 35.1 Å². The first-order valence-electron chi connectivity index (χ1n) is 9.86. The minimum absolute atomic E-state index is 0.117. The van der Waals surface area contributed by atoms with Crippen LogP contribution in [0.5, 0.6) is 0 Å². The van der Waals surface area contributed by atoms with Crippen molar-refractivity contribution in [2.24, 2.45) is 34.0 Å². The molecule has 8 atom stereocenters. The number of aliphatic hydroxyl groups is 1. The molecule has 1 aliphatic heterocycles. The lowest BCUT2D eigenvalue weighted by atomic mass is 9.40. The van der Waals surface area contributed by atoms with E-state index in [1.165, 1.54) is 12.8 Å². The zero-order valence-electron chi connectivity index (χ0n) is 14.9. The van der Waals surface area contributed by atoms with E-state index in [4.69, 9.17) is 4.74 Å². The van der Waals surface area contributed by atoms with Gasteiger partial charge in [-0.05, 0) is 75.0 Å². The Balaban J connectivity index is 1.56. The Bertz CT molecular complexity index is 604. The number of carboxylic acid groups (broad SMARTS) is 1. The molecule has 0 aromatic rings. The van der Waals surface area contributed by atoms with Crippen LogP contribution < -0.4 is 0 Å². The normalized spacial score (nSPS) is 60.8. The Labute approximate surface area is 144 Å². The quantitative estimate of drug-likeness (QED) is 0.761. The van der Waals surface area contributed by atoms with Crippen LogP contribution in [0.2, 0.25) is 0 Å². The van der Waals surface area contributed by atoms with Crippen LogP contribution in [0.4, 0.5) is 0 Å². The maximum absolute atomic E-state index is 12.1. The zero-order chi connectivity index (χ0) is 17.0. The fraction of sp³-hybridized carbons (Fsp3) is 0.950. The first-order valence-corrected chi connectivity index (χ1v) is 9.86. The van der Waals surface area contributed by atoms with E-state index in [0.29, 0.717) is 11.8 Å². The highest BCUT2D eigenvalue weighted by atomic mass is 16.6. The van der Waals surface area contributed by atoms with Crippen molar-refractivity contribution in [3.8, 4) is 0 Å². The molecule has 4 aliphatic carbocycles. The van der Waals surface area contributed by atoms with Crippen molar-refractivity contribution in [1.29, 1.82) is 0 Å². The number of carboxylic acids is 1. The Hall–Kier alpha value is -0.610. The number of ether oxygens (including phenoxy) is 1. The Morgan fingerprint density at radius 2 is 1.92 bits per heavy atom. The molecule has 2 bridgehead atoms. The molecular weight excluding hydrogens is 304 g/mol. The van der Waals surface area contributed by atoms with Crippen molar-refractivity contribution in [2.75, 3.05) is 6.61 Å². The topological polar surface area (TPSA) is 70.1 Å². The van der Waals surface area contributed by atoms with Gasteiger partial charge in [-0.25, -0.2) is 0 Å². The number of rotatable bonds is 2. The standard InChI is InChI=1S/C20H30O4/c1-17-7-3-8-18(2,16(22)23)13(17)6-9-19-10-12(4-5-14(17)19)20(11-21)15(19)24-20/h12-15,21H,3-11H2,1-2H3,(H,22,23)/t12?,13?,14?,15?,17-,18-,19?,20?/m1/s1. The van der Waals surface area contributed by atoms with E-state index in [1.54, 1.807) is 0 Å². The van der Waals surface area contributed by atoms with Crippen molar-refractivity contribution in [3.05, 3.63) is 0 Å². The van der Waals surface area contributed by atoms with Crippen LogP contribution in [0.1, 0.15) is 65.2 Å². The molecule has 0 aromatic carbocycles. The lowest BCUT2D eigenvalue weighted by Gasteiger charge is -2.63. The molecule has 4 heteroatoms. The second kappa shape index (κ2) is 4.37. The maximum Gasteiger partial charge on any atom is 0.309 e. The number of aliphatic hydroxyl groups excluding tert-OH is 1. The zero-order valence-corrected chi connectivity index (χ0v) is 14.9. The van der Waals surface area contributed by atoms with Crippen molar-refractivity contribution in [2.45, 2.75) is 76.9 Å². The number of fused-ring (bicyclic) bond motifs is 5. The second-order valence-electron chi connectivity index (χ2n) is 10.0. The van der Waals surface area contributed by atoms with Gasteiger partial charge in [-0.15, -0.1) is 0 Å². The van der Waals surface area contributed by atoms with Gasteiger partial charge in [-0.3, -0.25) is 4.79 Å². The summed E-state index contributed by atoms with van der Waals surface area (Å²) in [6, 6.07) is 0. The van der Waals surface area contributed by atoms with Gasteiger partial charge in [0.25, 0.3) is 0 Å². The number of aliphatic carboxylic acids is 1. The number of carbonyl (C=O) groups is 1. The fourth-order valence-corrected chi connectivity index (χ4v) is 8.46. The molecule has 4 nitrogen and oxygen atoms in total. The summed E-state index contributed by atoms with van der Waals surface area (Å²) in [4.78, 5) is 12.1. The van der Waals surface area contributed by atoms with Gasteiger partial charge in [0.15, 0.2) is 0 Å². The highest BCUT2D eigenvalue weighted by molar-refractivity contribution is 5.75. The van der Waals surface area contributed by atoms with Gasteiger partial charge in [0.05, 0.1) is 18.1 Å². The third-order valence-corrected chi connectivity index (χ3v) is 9.47. The van der Waals surface area contributed by atoms with Crippen LogP contribution in [0.15, 0.2) is 0 Å². The predicted octanol–water partition coefficient (Wildman–Crippen LogP) is 3.22. The number of hydrogen-bond donors (Lipinski definition) is 2. The molecule has 134 valence electrons. The van der Waals surface area contributed by atoms with E-state index in [2.05, 4.69) is 6.92 Å². The molecule has 1 saturated heterocycles. The molecule has 1 spiro atoms. The van der Waals surface area contributed by atoms with E-state index in [0.717, 1.165) is 38.5 Å². The van der Waals surface area contributed by atoms with Crippen LogP contribution in [-0.4, -0.2) is 34.5 Å². The van der Waals surface area contributed by atoms with E-state index >= 15 is 0 Å². The predicted molar refractivity (Wildman–Crippen MR) is 88.4 cm³/mol. The van der Waals surface area contributed by atoms with E-state index in [9.17, 15) is 15.0 Å². The van der Waals surface area contributed by atoms with Crippen LogP contribution in [0.3, 0.4) is 0 Å². The Morgan fingerprint density at radius 3 is 2.62 bits per heavy atom. The lowest BCUT2D eigenvalue weighted by molar-refractivity contribution is -0.187. The van der Waals surface area contributed by atoms with Crippen LogP contribution in [0, 0.1) is 34.0 Å². The summed E-state index contributed by atoms with van der Waals surface area (Å²) in [5.74, 6) is 0.784. The summed E-state index contributed by atoms with van der Waals surface area (Å²) < 4.78 is 6.17. The van der Waals surface area contributed by atoms with Gasteiger partial charge in [0.2, 0.25) is 0 Å². The van der Waals surface area contributed by atoms with Crippen molar-refractivity contribution < 1.29 is 19.7 Å². The molecule has 0 aromatic heterocycles. The molecule has 5 rings (SSSR count). The fourth-order valence-electron chi connectivity index (χ4n) is 8.46. The van der Waals surface area contributed by atoms with E-state index < -0.39 is 11.4 Å². The van der Waals surface area contributed by atoms with Crippen LogP contribution in [0.25, 0.3) is 0 Å². The minimum Gasteiger partial charge on any atom is -0.481 e. The van der Waals surface area contributed by atoms with Gasteiger partial charge in [-0.2, -0.15) is 0 Å². The maximum atomic E-state index is 12.1. The molecule has 0 amide bonds. The molecule has 24 heavy (non-hydrogen) atoms. The second-order valence-corrected chi connectivity index (χ2v) is 10.0. The molecule has 5 fully saturated rings. The highest BCUT2D eigenvalue weighted by Gasteiger charge is 2.80. The van der Waals surface area contributed by atoms with E-state index in [1.807, 2.05) is 6.92 Å². The average Bonchev–Trinajstić information content (AvgIpc) is 3.27.